The molecule has 0 spiro atoms. The Bertz CT molecular complexity index is 1520. The Balaban J connectivity index is 1.39. The van der Waals surface area contributed by atoms with Gasteiger partial charge in [0, 0.05) is 45.5 Å². The average Bonchev–Trinajstić information content (AvgIpc) is 3.50. The zero-order chi connectivity index (χ0) is 32.6. The van der Waals surface area contributed by atoms with Gasteiger partial charge in [0.25, 0.3) is 0 Å². The van der Waals surface area contributed by atoms with Crippen molar-refractivity contribution in [1.29, 1.82) is 0 Å². The molecule has 45 heavy (non-hydrogen) atoms. The number of benzene rings is 1. The Hall–Kier alpha value is -2.45. The van der Waals surface area contributed by atoms with Crippen LogP contribution in [0, 0.1) is 17.0 Å². The van der Waals surface area contributed by atoms with Crippen molar-refractivity contribution < 1.29 is 41.3 Å². The number of alkyl halides is 3. The van der Waals surface area contributed by atoms with Crippen molar-refractivity contribution in [3.63, 3.8) is 0 Å². The number of ether oxygens (including phenoxy) is 3. The molecular formula is C32H39F5N2O4SSi. The fourth-order valence-corrected chi connectivity index (χ4v) is 6.82. The van der Waals surface area contributed by atoms with E-state index in [0.717, 1.165) is 24.6 Å². The molecule has 0 amide bonds. The average molecular weight is 671 g/mol. The van der Waals surface area contributed by atoms with Gasteiger partial charge in [-0.05, 0) is 72.3 Å². The second-order valence-electron chi connectivity index (χ2n) is 13.6. The highest BCUT2D eigenvalue weighted by molar-refractivity contribution is 7.80. The molecule has 2 fully saturated rings. The van der Waals surface area contributed by atoms with Gasteiger partial charge >= 0.3 is 6.18 Å². The van der Waals surface area contributed by atoms with Crippen LogP contribution in [0.5, 0.6) is 11.5 Å². The van der Waals surface area contributed by atoms with Crippen molar-refractivity contribution in [1.82, 2.24) is 9.55 Å². The zero-order valence-electron chi connectivity index (χ0n) is 25.7. The summed E-state index contributed by atoms with van der Waals surface area (Å²) in [6.07, 6.45) is -0.0615. The van der Waals surface area contributed by atoms with Gasteiger partial charge < -0.3 is 23.9 Å². The maximum atomic E-state index is 15.4. The van der Waals surface area contributed by atoms with Gasteiger partial charge in [-0.25, -0.2) is 13.8 Å². The molecule has 1 aliphatic carbocycles. The van der Waals surface area contributed by atoms with Crippen molar-refractivity contribution >= 4 is 36.2 Å². The molecule has 2 aliphatic rings. The number of hydrogen-bond acceptors (Lipinski definition) is 6. The van der Waals surface area contributed by atoms with Crippen LogP contribution in [0.25, 0.3) is 11.0 Å². The van der Waals surface area contributed by atoms with E-state index < -0.39 is 37.0 Å². The van der Waals surface area contributed by atoms with Crippen LogP contribution in [0.1, 0.15) is 43.2 Å². The molecule has 3 heterocycles. The first-order chi connectivity index (χ1) is 21.2. The molecule has 1 unspecified atom stereocenters. The maximum Gasteiger partial charge on any atom is 0.398 e. The number of aliphatic hydroxyl groups is 1. The van der Waals surface area contributed by atoms with E-state index in [0.29, 0.717) is 43.1 Å². The molecule has 0 bridgehead atoms. The van der Waals surface area contributed by atoms with E-state index in [4.69, 9.17) is 26.4 Å². The van der Waals surface area contributed by atoms with Crippen molar-refractivity contribution in [2.24, 2.45) is 5.41 Å². The molecule has 2 aromatic heterocycles. The third-order valence-electron chi connectivity index (χ3n) is 8.88. The Morgan fingerprint density at radius 3 is 2.44 bits per heavy atom. The Labute approximate surface area is 265 Å². The van der Waals surface area contributed by atoms with Crippen molar-refractivity contribution in [2.45, 2.75) is 82.5 Å². The Morgan fingerprint density at radius 2 is 1.87 bits per heavy atom. The molecule has 1 saturated heterocycles. The number of halogens is 5. The number of aliphatic hydroxyl groups excluding tert-OH is 1. The standard InChI is InChI=1S/C32H39F5N2O4SSi/c1-45(2,3)13-12-42-20-39-17-23(31(7-8-31)32(35,36)37)27-26(5-10-38-29(27)39)43-28-24(33)15-21(16-25(28)34)14-22(44)4-6-30(18-40)9-11-41-19-30/h5,10,15-17,40H,4,6-9,11-14,18-20H2,1-3H3. The van der Waals surface area contributed by atoms with E-state index in [1.54, 1.807) is 0 Å². The quantitative estimate of drug-likeness (QED) is 0.0810. The van der Waals surface area contributed by atoms with Gasteiger partial charge in [0.05, 0.1) is 24.0 Å². The molecule has 6 nitrogen and oxygen atoms in total. The van der Waals surface area contributed by atoms with Crippen LogP contribution in [0.2, 0.25) is 25.7 Å². The lowest BCUT2D eigenvalue weighted by Gasteiger charge is -2.24. The van der Waals surface area contributed by atoms with Crippen LogP contribution in [0.4, 0.5) is 22.0 Å². The van der Waals surface area contributed by atoms with Gasteiger partial charge in [-0.3, -0.25) is 0 Å². The second kappa shape index (κ2) is 13.0. The molecule has 1 N–H and O–H groups in total. The van der Waals surface area contributed by atoms with E-state index in [-0.39, 0.29) is 60.4 Å². The zero-order valence-corrected chi connectivity index (χ0v) is 27.6. The van der Waals surface area contributed by atoms with Crippen LogP contribution in [0.3, 0.4) is 0 Å². The van der Waals surface area contributed by atoms with Gasteiger partial charge in [-0.15, -0.1) is 0 Å². The number of hydrogen-bond donors (Lipinski definition) is 1. The third-order valence-corrected chi connectivity index (χ3v) is 10.9. The summed E-state index contributed by atoms with van der Waals surface area (Å²) in [5.74, 6) is -2.84. The van der Waals surface area contributed by atoms with Crippen molar-refractivity contribution in [3.8, 4) is 11.5 Å². The van der Waals surface area contributed by atoms with Gasteiger partial charge in [0.15, 0.2) is 17.4 Å². The summed E-state index contributed by atoms with van der Waals surface area (Å²) in [6.45, 7) is 8.03. The molecule has 13 heteroatoms. The molecule has 0 radical (unpaired) electrons. The number of pyridine rings is 1. The second-order valence-corrected chi connectivity index (χ2v) is 19.8. The molecular weight excluding hydrogens is 632 g/mol. The van der Waals surface area contributed by atoms with Crippen LogP contribution in [-0.4, -0.2) is 60.2 Å². The van der Waals surface area contributed by atoms with Crippen LogP contribution < -0.4 is 4.74 Å². The van der Waals surface area contributed by atoms with Gasteiger partial charge in [-0.2, -0.15) is 13.2 Å². The molecule has 1 atom stereocenters. The first-order valence-electron chi connectivity index (χ1n) is 15.2. The normalized spacial score (nSPS) is 19.8. The first kappa shape index (κ1) is 33.9. The number of thiocarbonyl (C=S) groups is 1. The molecule has 1 aromatic carbocycles. The summed E-state index contributed by atoms with van der Waals surface area (Å²) in [4.78, 5) is 4.90. The molecule has 3 aromatic rings. The Morgan fingerprint density at radius 1 is 1.16 bits per heavy atom. The maximum absolute atomic E-state index is 15.4. The summed E-state index contributed by atoms with van der Waals surface area (Å²) in [5.41, 5.74) is -2.00. The Kier molecular flexibility index (Phi) is 9.78. The largest absolute Gasteiger partial charge is 0.450 e. The van der Waals surface area contributed by atoms with E-state index in [2.05, 4.69) is 24.6 Å². The van der Waals surface area contributed by atoms with Gasteiger partial charge in [0.1, 0.15) is 18.1 Å². The number of nitrogens with zero attached hydrogens (tertiary/aromatic N) is 2. The van der Waals surface area contributed by atoms with Gasteiger partial charge in [0.2, 0.25) is 0 Å². The fourth-order valence-electron chi connectivity index (χ4n) is 5.80. The lowest BCUT2D eigenvalue weighted by atomic mass is 9.82. The number of fused-ring (bicyclic) bond motifs is 1. The van der Waals surface area contributed by atoms with E-state index in [1.165, 1.54) is 23.0 Å². The minimum Gasteiger partial charge on any atom is -0.450 e. The van der Waals surface area contributed by atoms with Gasteiger partial charge in [-0.1, -0.05) is 31.9 Å². The highest BCUT2D eigenvalue weighted by Crippen LogP contribution is 2.61. The smallest absolute Gasteiger partial charge is 0.398 e. The summed E-state index contributed by atoms with van der Waals surface area (Å²) in [6, 6.07) is 4.45. The SMILES string of the molecule is C[Si](C)(C)CCOCn1cc(C2(C(F)(F)F)CC2)c2c(Oc3c(F)cc(CC(=S)CCC4(CO)CCOC4)cc3F)ccnc21. The third kappa shape index (κ3) is 7.43. The lowest BCUT2D eigenvalue weighted by Crippen LogP contribution is -2.28. The summed E-state index contributed by atoms with van der Waals surface area (Å²) < 4.78 is 92.2. The van der Waals surface area contributed by atoms with Crippen molar-refractivity contribution in [2.75, 3.05) is 26.4 Å². The minimum atomic E-state index is -4.53. The summed E-state index contributed by atoms with van der Waals surface area (Å²) >= 11 is 5.48. The minimum absolute atomic E-state index is 0.0187. The topological polar surface area (TPSA) is 65.7 Å². The predicted octanol–water partition coefficient (Wildman–Crippen LogP) is 8.10. The molecule has 1 saturated carbocycles. The first-order valence-corrected chi connectivity index (χ1v) is 19.3. The monoisotopic (exact) mass is 670 g/mol. The predicted molar refractivity (Wildman–Crippen MR) is 168 cm³/mol. The highest BCUT2D eigenvalue weighted by atomic mass is 32.1. The van der Waals surface area contributed by atoms with E-state index >= 15 is 8.78 Å². The van der Waals surface area contributed by atoms with Crippen LogP contribution >= 0.6 is 12.2 Å². The molecule has 1 aliphatic heterocycles. The number of rotatable bonds is 14. The van der Waals surface area contributed by atoms with Crippen molar-refractivity contribution in [3.05, 3.63) is 53.4 Å². The number of aromatic nitrogens is 2. The molecule has 5 rings (SSSR count). The van der Waals surface area contributed by atoms with Crippen LogP contribution in [0.15, 0.2) is 30.6 Å². The summed E-state index contributed by atoms with van der Waals surface area (Å²) in [5, 5.41) is 9.84. The summed E-state index contributed by atoms with van der Waals surface area (Å²) in [7, 11) is -1.39. The fraction of sp³-hybridized carbons (Fsp3) is 0.562. The van der Waals surface area contributed by atoms with E-state index in [9.17, 15) is 18.3 Å². The highest BCUT2D eigenvalue weighted by Gasteiger charge is 2.65. The lowest BCUT2D eigenvalue weighted by molar-refractivity contribution is -0.160. The van der Waals surface area contributed by atoms with Crippen LogP contribution in [-0.2, 0) is 28.0 Å². The molecule has 246 valence electrons. The van der Waals surface area contributed by atoms with E-state index in [1.807, 2.05) is 0 Å².